The molecule has 2 rings (SSSR count). The summed E-state index contributed by atoms with van der Waals surface area (Å²) >= 11 is 5.91. The Labute approximate surface area is 115 Å². The van der Waals surface area contributed by atoms with E-state index in [-0.39, 0.29) is 11.1 Å². The topological polar surface area (TPSA) is 73.2 Å². The van der Waals surface area contributed by atoms with Crippen LogP contribution in [0.4, 0.5) is 5.69 Å². The summed E-state index contributed by atoms with van der Waals surface area (Å²) in [7, 11) is 2.99. The molecule has 5 nitrogen and oxygen atoms in total. The van der Waals surface area contributed by atoms with Crippen molar-refractivity contribution in [1.82, 2.24) is 5.32 Å². The van der Waals surface area contributed by atoms with E-state index in [2.05, 4.69) is 5.32 Å². The fraction of sp³-hybridized carbons (Fsp3) is 0.154. The Hall–Kier alpha value is -2.32. The van der Waals surface area contributed by atoms with Crippen LogP contribution in [0.1, 0.15) is 5.56 Å². The summed E-state index contributed by atoms with van der Waals surface area (Å²) in [4.78, 5) is 25.3. The molecule has 1 aliphatic rings. The van der Waals surface area contributed by atoms with Crippen molar-refractivity contribution >= 4 is 34.7 Å². The molecule has 0 saturated heterocycles. The molecule has 6 heteroatoms. The van der Waals surface area contributed by atoms with E-state index in [4.69, 9.17) is 16.9 Å². The molecular formula is C13H10ClN3O2. The monoisotopic (exact) mass is 275 g/mol. The molecule has 0 radical (unpaired) electrons. The fourth-order valence-electron chi connectivity index (χ4n) is 1.98. The molecule has 1 aromatic rings. The second-order valence-corrected chi connectivity index (χ2v) is 4.40. The molecule has 0 unspecified atom stereocenters. The predicted molar refractivity (Wildman–Crippen MR) is 71.5 cm³/mol. The van der Waals surface area contributed by atoms with Crippen LogP contribution in [-0.4, -0.2) is 25.9 Å². The van der Waals surface area contributed by atoms with Gasteiger partial charge in [-0.25, -0.2) is 0 Å². The molecule has 2 amide bonds. The predicted octanol–water partition coefficient (Wildman–Crippen LogP) is 1.34. The molecule has 19 heavy (non-hydrogen) atoms. The summed E-state index contributed by atoms with van der Waals surface area (Å²) < 4.78 is 0. The number of halogens is 1. The second-order valence-electron chi connectivity index (χ2n) is 3.97. The molecule has 1 aromatic carbocycles. The van der Waals surface area contributed by atoms with Crippen molar-refractivity contribution in [1.29, 1.82) is 5.26 Å². The SMILES string of the molecule is CNC(=O)/C(C#N)=C1\C(=O)N(C)c2ccc(Cl)cc21. The first-order valence-electron chi connectivity index (χ1n) is 5.45. The lowest BCUT2D eigenvalue weighted by Crippen LogP contribution is -2.25. The maximum atomic E-state index is 12.2. The minimum atomic E-state index is -0.591. The summed E-state index contributed by atoms with van der Waals surface area (Å²) in [5.74, 6) is -0.982. The number of carbonyl (C=O) groups excluding carboxylic acids is 2. The van der Waals surface area contributed by atoms with Gasteiger partial charge in [-0.2, -0.15) is 5.26 Å². The van der Waals surface area contributed by atoms with Gasteiger partial charge in [0.25, 0.3) is 11.8 Å². The Morgan fingerprint density at radius 2 is 2.16 bits per heavy atom. The largest absolute Gasteiger partial charge is 0.354 e. The van der Waals surface area contributed by atoms with Crippen molar-refractivity contribution in [3.8, 4) is 6.07 Å². The lowest BCUT2D eigenvalue weighted by Gasteiger charge is -2.08. The van der Waals surface area contributed by atoms with Gasteiger partial charge in [0, 0.05) is 24.7 Å². The van der Waals surface area contributed by atoms with Crippen LogP contribution in [0.2, 0.25) is 5.02 Å². The number of nitrogens with one attached hydrogen (secondary N) is 1. The number of benzene rings is 1. The minimum absolute atomic E-state index is 0.0850. The summed E-state index contributed by atoms with van der Waals surface area (Å²) in [6, 6.07) is 6.69. The molecule has 0 aromatic heterocycles. The number of anilines is 1. The van der Waals surface area contributed by atoms with E-state index >= 15 is 0 Å². The Bertz CT molecular complexity index is 658. The highest BCUT2D eigenvalue weighted by Gasteiger charge is 2.34. The molecule has 0 bridgehead atoms. The van der Waals surface area contributed by atoms with E-state index in [0.717, 1.165) is 0 Å². The first-order valence-corrected chi connectivity index (χ1v) is 5.83. The van der Waals surface area contributed by atoms with Gasteiger partial charge in [0.05, 0.1) is 11.3 Å². The third kappa shape index (κ3) is 1.96. The number of nitrogens with zero attached hydrogens (tertiary/aromatic N) is 2. The highest BCUT2D eigenvalue weighted by molar-refractivity contribution is 6.38. The average Bonchev–Trinajstić information content (AvgIpc) is 2.64. The molecule has 1 heterocycles. The van der Waals surface area contributed by atoms with E-state index in [9.17, 15) is 9.59 Å². The molecule has 0 aliphatic carbocycles. The van der Waals surface area contributed by atoms with E-state index in [1.807, 2.05) is 0 Å². The van der Waals surface area contributed by atoms with Crippen molar-refractivity contribution in [2.45, 2.75) is 0 Å². The van der Waals surface area contributed by atoms with Gasteiger partial charge in [-0.1, -0.05) is 11.6 Å². The third-order valence-electron chi connectivity index (χ3n) is 2.92. The summed E-state index contributed by atoms with van der Waals surface area (Å²) in [5.41, 5.74) is 1.00. The van der Waals surface area contributed by atoms with E-state index < -0.39 is 11.8 Å². The lowest BCUT2D eigenvalue weighted by molar-refractivity contribution is -0.117. The molecule has 0 fully saturated rings. The summed E-state index contributed by atoms with van der Waals surface area (Å²) in [6.07, 6.45) is 0. The van der Waals surface area contributed by atoms with Gasteiger partial charge in [-0.3, -0.25) is 9.59 Å². The third-order valence-corrected chi connectivity index (χ3v) is 3.16. The van der Waals surface area contributed by atoms with Gasteiger partial charge in [0.15, 0.2) is 0 Å². The maximum Gasteiger partial charge on any atom is 0.262 e. The maximum absolute atomic E-state index is 12.2. The van der Waals surface area contributed by atoms with Crippen molar-refractivity contribution in [3.05, 3.63) is 34.4 Å². The van der Waals surface area contributed by atoms with Crippen LogP contribution in [0.3, 0.4) is 0 Å². The standard InChI is InChI=1S/C13H10ClN3O2/c1-16-12(18)9(6-15)11-8-5-7(14)3-4-10(8)17(2)13(11)19/h3-5H,1-2H3,(H,16,18)/b11-9-. The van der Waals surface area contributed by atoms with Crippen LogP contribution in [-0.2, 0) is 9.59 Å². The highest BCUT2D eigenvalue weighted by atomic mass is 35.5. The van der Waals surface area contributed by atoms with Crippen LogP contribution >= 0.6 is 11.6 Å². The second kappa shape index (κ2) is 4.75. The Kier molecular flexibility index (Phi) is 3.28. The minimum Gasteiger partial charge on any atom is -0.354 e. The summed E-state index contributed by atoms with van der Waals surface area (Å²) in [6.45, 7) is 0. The molecule has 0 atom stereocenters. The highest BCUT2D eigenvalue weighted by Crippen LogP contribution is 2.38. The molecular weight excluding hydrogens is 266 g/mol. The first kappa shape index (κ1) is 13.1. The zero-order valence-electron chi connectivity index (χ0n) is 10.3. The first-order chi connectivity index (χ1) is 9.01. The number of rotatable bonds is 1. The van der Waals surface area contributed by atoms with Crippen LogP contribution in [0.15, 0.2) is 23.8 Å². The van der Waals surface area contributed by atoms with Crippen LogP contribution in [0.25, 0.3) is 5.57 Å². The smallest absolute Gasteiger partial charge is 0.262 e. The number of amides is 2. The van der Waals surface area contributed by atoms with Gasteiger partial charge in [0.1, 0.15) is 11.6 Å². The molecule has 0 saturated carbocycles. The number of hydrogen-bond donors (Lipinski definition) is 1. The lowest BCUT2D eigenvalue weighted by atomic mass is 10.0. The van der Waals surface area contributed by atoms with E-state index in [1.165, 1.54) is 11.9 Å². The molecule has 1 N–H and O–H groups in total. The van der Waals surface area contributed by atoms with E-state index in [1.54, 1.807) is 31.3 Å². The van der Waals surface area contributed by atoms with Gasteiger partial charge >= 0.3 is 0 Å². The van der Waals surface area contributed by atoms with Gasteiger partial charge in [-0.05, 0) is 18.2 Å². The summed E-state index contributed by atoms with van der Waals surface area (Å²) in [5, 5.41) is 11.9. The fourth-order valence-corrected chi connectivity index (χ4v) is 2.15. The van der Waals surface area contributed by atoms with Crippen LogP contribution < -0.4 is 10.2 Å². The van der Waals surface area contributed by atoms with Crippen LogP contribution in [0.5, 0.6) is 0 Å². The average molecular weight is 276 g/mol. The zero-order chi connectivity index (χ0) is 14.2. The molecule has 96 valence electrons. The van der Waals surface area contributed by atoms with Crippen LogP contribution in [0, 0.1) is 11.3 Å². The Morgan fingerprint density at radius 3 is 2.74 bits per heavy atom. The number of nitriles is 1. The number of fused-ring (bicyclic) bond motifs is 1. The van der Waals surface area contributed by atoms with E-state index in [0.29, 0.717) is 16.3 Å². The number of carbonyl (C=O) groups is 2. The van der Waals surface area contributed by atoms with Crippen molar-refractivity contribution in [2.24, 2.45) is 0 Å². The van der Waals surface area contributed by atoms with Gasteiger partial charge in [-0.15, -0.1) is 0 Å². The normalized spacial score (nSPS) is 15.9. The number of hydrogen-bond acceptors (Lipinski definition) is 3. The van der Waals surface area contributed by atoms with Gasteiger partial charge < -0.3 is 10.2 Å². The molecule has 1 aliphatic heterocycles. The number of likely N-dealkylation sites (N-methyl/N-ethyl adjacent to an activating group) is 2. The van der Waals surface area contributed by atoms with Crippen molar-refractivity contribution in [2.75, 3.05) is 19.0 Å². The quantitative estimate of drug-likeness (QED) is 0.621. The van der Waals surface area contributed by atoms with Gasteiger partial charge in [0.2, 0.25) is 0 Å². The molecule has 0 spiro atoms. The Balaban J connectivity index is 2.76. The zero-order valence-corrected chi connectivity index (χ0v) is 11.1. The Morgan fingerprint density at radius 1 is 1.47 bits per heavy atom. The van der Waals surface area contributed by atoms with Crippen molar-refractivity contribution in [3.63, 3.8) is 0 Å². The van der Waals surface area contributed by atoms with Crippen molar-refractivity contribution < 1.29 is 9.59 Å².